The highest BCUT2D eigenvalue weighted by molar-refractivity contribution is 6.06. The topological polar surface area (TPSA) is 122 Å². The number of nitrogens with one attached hydrogen (secondary N) is 1. The lowest BCUT2D eigenvalue weighted by molar-refractivity contribution is -0.143. The lowest BCUT2D eigenvalue weighted by atomic mass is 9.94. The summed E-state index contributed by atoms with van der Waals surface area (Å²) in [6.45, 7) is 7.57. The molecule has 208 valence electrons. The summed E-state index contributed by atoms with van der Waals surface area (Å²) in [7, 11) is 0. The fourth-order valence-corrected chi connectivity index (χ4v) is 5.32. The molecule has 9 nitrogen and oxygen atoms in total. The lowest BCUT2D eigenvalue weighted by Crippen LogP contribution is -2.47. The normalized spacial score (nSPS) is 19.7. The number of aryl methyl sites for hydroxylation is 1. The number of imide groups is 1. The van der Waals surface area contributed by atoms with Crippen LogP contribution >= 0.6 is 0 Å². The van der Waals surface area contributed by atoms with Crippen molar-refractivity contribution in [2.45, 2.75) is 83.5 Å². The number of nitrogens with two attached hydrogens (primary N) is 1. The van der Waals surface area contributed by atoms with Gasteiger partial charge in [-0.05, 0) is 55.9 Å². The van der Waals surface area contributed by atoms with Crippen LogP contribution in [0.4, 0.5) is 10.5 Å². The van der Waals surface area contributed by atoms with Crippen molar-refractivity contribution in [3.05, 3.63) is 65.2 Å². The first-order valence-electron chi connectivity index (χ1n) is 13.7. The van der Waals surface area contributed by atoms with E-state index >= 15 is 0 Å². The van der Waals surface area contributed by atoms with Crippen molar-refractivity contribution in [3.63, 3.8) is 0 Å². The number of ether oxygens (including phenoxy) is 1. The van der Waals surface area contributed by atoms with Gasteiger partial charge in [-0.2, -0.15) is 0 Å². The number of amides is 4. The molecule has 1 aliphatic carbocycles. The minimum atomic E-state index is -1.46. The summed E-state index contributed by atoms with van der Waals surface area (Å²) in [5.41, 5.74) is 6.52. The van der Waals surface area contributed by atoms with E-state index in [1.54, 1.807) is 30.0 Å². The molecule has 2 aromatic carbocycles. The van der Waals surface area contributed by atoms with E-state index in [0.717, 1.165) is 28.9 Å². The molecule has 0 radical (unpaired) electrons. The van der Waals surface area contributed by atoms with Gasteiger partial charge in [0.2, 0.25) is 17.4 Å². The molecule has 1 aliphatic heterocycles. The van der Waals surface area contributed by atoms with Crippen LogP contribution in [0.3, 0.4) is 0 Å². The Balaban J connectivity index is 1.53. The summed E-state index contributed by atoms with van der Waals surface area (Å²) in [6.07, 6.45) is 1.94. The Morgan fingerprint density at radius 3 is 2.46 bits per heavy atom. The van der Waals surface area contributed by atoms with Gasteiger partial charge >= 0.3 is 6.09 Å². The van der Waals surface area contributed by atoms with Crippen LogP contribution in [-0.4, -0.2) is 51.7 Å². The second kappa shape index (κ2) is 11.2. The zero-order valence-corrected chi connectivity index (χ0v) is 23.2. The molecule has 0 saturated carbocycles. The number of hydrogen-bond acceptors (Lipinski definition) is 6. The molecule has 2 aromatic rings. The Kier molecular flexibility index (Phi) is 8.11. The van der Waals surface area contributed by atoms with E-state index < -0.39 is 23.1 Å². The van der Waals surface area contributed by atoms with Crippen molar-refractivity contribution in [2.24, 2.45) is 5.73 Å². The molecule has 39 heavy (non-hydrogen) atoms. The molecule has 2 unspecified atom stereocenters. The van der Waals surface area contributed by atoms with Gasteiger partial charge in [0.25, 0.3) is 5.91 Å². The number of carbonyl (C=O) groups is 4. The number of rotatable bonds is 10. The first kappa shape index (κ1) is 28.3. The third-order valence-corrected chi connectivity index (χ3v) is 8.06. The fraction of sp³-hybridized carbons (Fsp3) is 0.467. The fourth-order valence-electron chi connectivity index (χ4n) is 5.32. The summed E-state index contributed by atoms with van der Waals surface area (Å²) >= 11 is 0. The largest absolute Gasteiger partial charge is 0.427 e. The molecular formula is C30H38N4O5. The second-order valence-corrected chi connectivity index (χ2v) is 10.7. The van der Waals surface area contributed by atoms with E-state index in [-0.39, 0.29) is 30.8 Å². The number of hydrogen-bond donors (Lipinski definition) is 2. The van der Waals surface area contributed by atoms with Crippen LogP contribution in [0.2, 0.25) is 0 Å². The van der Waals surface area contributed by atoms with E-state index in [2.05, 4.69) is 5.32 Å². The molecule has 2 atom stereocenters. The lowest BCUT2D eigenvalue weighted by Gasteiger charge is -2.31. The monoisotopic (exact) mass is 534 g/mol. The van der Waals surface area contributed by atoms with E-state index in [0.29, 0.717) is 30.6 Å². The summed E-state index contributed by atoms with van der Waals surface area (Å²) in [6, 6.07) is 14.8. The third kappa shape index (κ3) is 5.41. The van der Waals surface area contributed by atoms with Crippen molar-refractivity contribution < 1.29 is 23.9 Å². The Morgan fingerprint density at radius 2 is 1.82 bits per heavy atom. The Labute approximate surface area is 229 Å². The minimum Gasteiger partial charge on any atom is -0.427 e. The first-order valence-corrected chi connectivity index (χ1v) is 13.7. The predicted octanol–water partition coefficient (Wildman–Crippen LogP) is 4.09. The van der Waals surface area contributed by atoms with Crippen LogP contribution in [-0.2, 0) is 37.7 Å². The quantitative estimate of drug-likeness (QED) is 0.474. The van der Waals surface area contributed by atoms with Gasteiger partial charge in [-0.15, -0.1) is 0 Å². The van der Waals surface area contributed by atoms with Crippen LogP contribution in [0.1, 0.15) is 70.1 Å². The predicted molar refractivity (Wildman–Crippen MR) is 148 cm³/mol. The molecule has 4 rings (SSSR count). The molecule has 0 aromatic heterocycles. The Bertz CT molecular complexity index is 1260. The molecule has 1 fully saturated rings. The van der Waals surface area contributed by atoms with Gasteiger partial charge in [0.15, 0.2) is 0 Å². The van der Waals surface area contributed by atoms with Crippen LogP contribution < -0.4 is 11.1 Å². The van der Waals surface area contributed by atoms with Gasteiger partial charge in [-0.3, -0.25) is 14.4 Å². The molecule has 3 N–H and O–H groups in total. The first-order chi connectivity index (χ1) is 18.6. The molecule has 0 bridgehead atoms. The molecule has 1 heterocycles. The Morgan fingerprint density at radius 1 is 1.13 bits per heavy atom. The highest BCUT2D eigenvalue weighted by atomic mass is 16.6. The molecule has 1 saturated heterocycles. The number of nitrogens with zero attached hydrogens (tertiary/aromatic N) is 2. The second-order valence-electron chi connectivity index (χ2n) is 10.7. The number of benzene rings is 2. The smallest absolute Gasteiger partial charge is 0.418 e. The summed E-state index contributed by atoms with van der Waals surface area (Å²) in [4.78, 5) is 55.4. The number of anilines is 1. The number of fused-ring (bicyclic) bond motifs is 2. The maximum Gasteiger partial charge on any atom is 0.418 e. The van der Waals surface area contributed by atoms with Gasteiger partial charge in [-0.25, -0.2) is 9.69 Å². The van der Waals surface area contributed by atoms with E-state index in [1.165, 1.54) is 0 Å². The molecular weight excluding hydrogens is 496 g/mol. The van der Waals surface area contributed by atoms with Crippen LogP contribution in [0, 0.1) is 0 Å². The van der Waals surface area contributed by atoms with Gasteiger partial charge in [0, 0.05) is 30.3 Å². The third-order valence-electron chi connectivity index (χ3n) is 8.06. The molecule has 1 spiro atoms. The van der Waals surface area contributed by atoms with Crippen LogP contribution in [0.25, 0.3) is 0 Å². The van der Waals surface area contributed by atoms with Crippen molar-refractivity contribution in [1.29, 1.82) is 0 Å². The minimum absolute atomic E-state index is 0.0238. The van der Waals surface area contributed by atoms with Gasteiger partial charge < -0.3 is 20.7 Å². The van der Waals surface area contributed by atoms with E-state index in [1.807, 2.05) is 51.1 Å². The van der Waals surface area contributed by atoms with Crippen LogP contribution in [0.15, 0.2) is 48.5 Å². The summed E-state index contributed by atoms with van der Waals surface area (Å²) in [5.74, 6) is -1.13. The average molecular weight is 535 g/mol. The highest BCUT2D eigenvalue weighted by Gasteiger charge is 2.58. The van der Waals surface area contributed by atoms with Crippen molar-refractivity contribution in [1.82, 2.24) is 9.80 Å². The van der Waals surface area contributed by atoms with Gasteiger partial charge in [0.1, 0.15) is 6.54 Å². The van der Waals surface area contributed by atoms with Crippen LogP contribution in [0.5, 0.6) is 0 Å². The van der Waals surface area contributed by atoms with E-state index in [9.17, 15) is 19.2 Å². The summed E-state index contributed by atoms with van der Waals surface area (Å²) in [5, 5.41) is 2.83. The maximum absolute atomic E-state index is 13.7. The maximum atomic E-state index is 13.7. The average Bonchev–Trinajstić information content (AvgIpc) is 3.40. The highest BCUT2D eigenvalue weighted by Crippen LogP contribution is 2.46. The van der Waals surface area contributed by atoms with E-state index in [4.69, 9.17) is 10.5 Å². The van der Waals surface area contributed by atoms with Crippen molar-refractivity contribution in [3.8, 4) is 0 Å². The zero-order valence-electron chi connectivity index (χ0n) is 23.2. The SMILES string of the molecule is CCC(CC)N(Cc1ccccc1)C(=O)CN1C(=O)OC2(CCc3cc(NC(=O)C(C)(N)CC)ccc32)C1=O. The number of carbonyl (C=O) groups excluding carboxylic acids is 4. The van der Waals surface area contributed by atoms with Crippen molar-refractivity contribution in [2.75, 3.05) is 11.9 Å². The standard InChI is InChI=1S/C30H38N4O5/c1-5-23(6-2)33(18-20-11-9-8-10-12-20)25(35)19-34-27(37)30(39-28(34)38)16-15-21-17-22(13-14-24(21)30)32-26(36)29(4,31)7-3/h8-14,17,23H,5-7,15-16,18-19,31H2,1-4H3,(H,32,36). The van der Waals surface area contributed by atoms with Gasteiger partial charge in [-0.1, -0.05) is 57.2 Å². The molecule has 2 aliphatic rings. The summed E-state index contributed by atoms with van der Waals surface area (Å²) < 4.78 is 5.73. The molecule has 9 heteroatoms. The van der Waals surface area contributed by atoms with Crippen molar-refractivity contribution >= 4 is 29.5 Å². The zero-order chi connectivity index (χ0) is 28.4. The Hall–Kier alpha value is -3.72. The molecule has 4 amide bonds. The van der Waals surface area contributed by atoms with Gasteiger partial charge in [0.05, 0.1) is 5.54 Å².